The second kappa shape index (κ2) is 5.21. The van der Waals surface area contributed by atoms with Crippen LogP contribution in [0.4, 0.5) is 13.2 Å². The van der Waals surface area contributed by atoms with Crippen LogP contribution in [-0.4, -0.2) is 22.6 Å². The molecule has 1 unspecified atom stereocenters. The van der Waals surface area contributed by atoms with Gasteiger partial charge in [-0.25, -0.2) is 4.98 Å². The summed E-state index contributed by atoms with van der Waals surface area (Å²) in [5.74, 6) is 0.697. The Hall–Kier alpha value is -1.56. The number of halogens is 3. The molecular weight excluding hydrogens is 255 g/mol. The molecule has 2 aromatic rings. The van der Waals surface area contributed by atoms with Gasteiger partial charge in [0.25, 0.3) is 0 Å². The van der Waals surface area contributed by atoms with Crippen LogP contribution in [0.25, 0.3) is 11.0 Å². The van der Waals surface area contributed by atoms with Gasteiger partial charge in [0.15, 0.2) is 0 Å². The molecule has 6 heteroatoms. The lowest BCUT2D eigenvalue weighted by Crippen LogP contribution is -2.27. The molecule has 0 spiro atoms. The SMILES string of the molecule is CCNC(C)Cc1nc2ccc(C(F)(F)F)cc2[nH]1. The van der Waals surface area contributed by atoms with Crippen LogP contribution in [-0.2, 0) is 12.6 Å². The summed E-state index contributed by atoms with van der Waals surface area (Å²) < 4.78 is 37.8. The lowest BCUT2D eigenvalue weighted by molar-refractivity contribution is -0.137. The van der Waals surface area contributed by atoms with Crippen molar-refractivity contribution in [1.29, 1.82) is 0 Å². The number of nitrogens with one attached hydrogen (secondary N) is 2. The first-order chi connectivity index (χ1) is 8.90. The highest BCUT2D eigenvalue weighted by Gasteiger charge is 2.30. The second-order valence-electron chi connectivity index (χ2n) is 4.58. The zero-order chi connectivity index (χ0) is 14.0. The number of H-pyrrole nitrogens is 1. The van der Waals surface area contributed by atoms with Gasteiger partial charge >= 0.3 is 6.18 Å². The molecule has 1 aromatic carbocycles. The summed E-state index contributed by atoms with van der Waals surface area (Å²) in [6.07, 6.45) is -3.67. The van der Waals surface area contributed by atoms with Crippen LogP contribution in [0.15, 0.2) is 18.2 Å². The highest BCUT2D eigenvalue weighted by molar-refractivity contribution is 5.76. The third-order valence-corrected chi connectivity index (χ3v) is 2.91. The number of hydrogen-bond acceptors (Lipinski definition) is 2. The van der Waals surface area contributed by atoms with Crippen LogP contribution in [0.3, 0.4) is 0 Å². The molecule has 0 saturated carbocycles. The minimum absolute atomic E-state index is 0.229. The van der Waals surface area contributed by atoms with Gasteiger partial charge in [-0.1, -0.05) is 6.92 Å². The molecule has 0 saturated heterocycles. The molecule has 2 rings (SSSR count). The quantitative estimate of drug-likeness (QED) is 0.897. The number of aromatic amines is 1. The van der Waals surface area contributed by atoms with Gasteiger partial charge in [0, 0.05) is 12.5 Å². The molecule has 1 atom stereocenters. The molecular formula is C13H16F3N3. The second-order valence-corrected chi connectivity index (χ2v) is 4.58. The smallest absolute Gasteiger partial charge is 0.342 e. The Morgan fingerprint density at radius 2 is 2.11 bits per heavy atom. The molecule has 2 N–H and O–H groups in total. The predicted molar refractivity (Wildman–Crippen MR) is 67.9 cm³/mol. The molecule has 19 heavy (non-hydrogen) atoms. The van der Waals surface area contributed by atoms with Crippen molar-refractivity contribution in [3.8, 4) is 0 Å². The molecule has 104 valence electrons. The number of imidazole rings is 1. The van der Waals surface area contributed by atoms with Gasteiger partial charge in [-0.05, 0) is 31.7 Å². The van der Waals surface area contributed by atoms with E-state index in [0.29, 0.717) is 23.3 Å². The highest BCUT2D eigenvalue weighted by atomic mass is 19.4. The molecule has 0 aliphatic carbocycles. The zero-order valence-electron chi connectivity index (χ0n) is 10.8. The fourth-order valence-electron chi connectivity index (χ4n) is 2.05. The molecule has 0 fully saturated rings. The Labute approximate surface area is 109 Å². The van der Waals surface area contributed by atoms with Crippen LogP contribution in [0.2, 0.25) is 0 Å². The third-order valence-electron chi connectivity index (χ3n) is 2.91. The Morgan fingerprint density at radius 1 is 1.37 bits per heavy atom. The largest absolute Gasteiger partial charge is 0.416 e. The highest BCUT2D eigenvalue weighted by Crippen LogP contribution is 2.30. The number of rotatable bonds is 4. The molecule has 0 amide bonds. The molecule has 0 aliphatic rings. The Balaban J connectivity index is 2.26. The molecule has 3 nitrogen and oxygen atoms in total. The van der Waals surface area contributed by atoms with Gasteiger partial charge in [0.05, 0.1) is 16.6 Å². The maximum Gasteiger partial charge on any atom is 0.416 e. The maximum absolute atomic E-state index is 12.6. The normalized spacial score (nSPS) is 13.9. The van der Waals surface area contributed by atoms with Gasteiger partial charge in [0.1, 0.15) is 5.82 Å². The monoisotopic (exact) mass is 271 g/mol. The van der Waals surface area contributed by atoms with Crippen molar-refractivity contribution in [1.82, 2.24) is 15.3 Å². The van der Waals surface area contributed by atoms with E-state index in [1.807, 2.05) is 13.8 Å². The van der Waals surface area contributed by atoms with Crippen molar-refractivity contribution in [2.45, 2.75) is 32.5 Å². The van der Waals surface area contributed by atoms with E-state index in [1.54, 1.807) is 0 Å². The minimum atomic E-state index is -4.32. The van der Waals surface area contributed by atoms with Gasteiger partial charge in [-0.15, -0.1) is 0 Å². The van der Waals surface area contributed by atoms with E-state index in [9.17, 15) is 13.2 Å². The average Bonchev–Trinajstić information content (AvgIpc) is 2.68. The Bertz CT molecular complexity index is 560. The lowest BCUT2D eigenvalue weighted by Gasteiger charge is -2.09. The lowest BCUT2D eigenvalue weighted by atomic mass is 10.2. The van der Waals surface area contributed by atoms with Gasteiger partial charge in [0.2, 0.25) is 0 Å². The number of fused-ring (bicyclic) bond motifs is 1. The average molecular weight is 271 g/mol. The van der Waals surface area contributed by atoms with Crippen LogP contribution < -0.4 is 5.32 Å². The fraction of sp³-hybridized carbons (Fsp3) is 0.462. The van der Waals surface area contributed by atoms with Gasteiger partial charge in [-0.3, -0.25) is 0 Å². The first kappa shape index (κ1) is 13.9. The van der Waals surface area contributed by atoms with Crippen molar-refractivity contribution in [3.05, 3.63) is 29.6 Å². The van der Waals surface area contributed by atoms with Crippen molar-refractivity contribution in [2.24, 2.45) is 0 Å². The number of nitrogens with zero attached hydrogens (tertiary/aromatic N) is 1. The summed E-state index contributed by atoms with van der Waals surface area (Å²) in [5, 5.41) is 3.23. The maximum atomic E-state index is 12.6. The number of hydrogen-bond donors (Lipinski definition) is 2. The van der Waals surface area contributed by atoms with E-state index in [-0.39, 0.29) is 6.04 Å². The summed E-state index contributed by atoms with van der Waals surface area (Å²) in [5.41, 5.74) is 0.329. The van der Waals surface area contributed by atoms with Crippen LogP contribution in [0.1, 0.15) is 25.2 Å². The first-order valence-electron chi connectivity index (χ1n) is 6.19. The summed E-state index contributed by atoms with van der Waals surface area (Å²) >= 11 is 0. The van der Waals surface area contributed by atoms with E-state index in [4.69, 9.17) is 0 Å². The van der Waals surface area contributed by atoms with Gasteiger partial charge < -0.3 is 10.3 Å². The van der Waals surface area contributed by atoms with Crippen LogP contribution in [0.5, 0.6) is 0 Å². The Kier molecular flexibility index (Phi) is 3.80. The minimum Gasteiger partial charge on any atom is -0.342 e. The summed E-state index contributed by atoms with van der Waals surface area (Å²) in [6.45, 7) is 4.86. The first-order valence-corrected chi connectivity index (χ1v) is 6.19. The third kappa shape index (κ3) is 3.26. The standard InChI is InChI=1S/C13H16F3N3/c1-3-17-8(2)6-12-18-10-5-4-9(13(14,15)16)7-11(10)19-12/h4-5,7-8,17H,3,6H2,1-2H3,(H,18,19). The summed E-state index contributed by atoms with van der Waals surface area (Å²) in [6, 6.07) is 3.79. The molecule has 1 aromatic heterocycles. The summed E-state index contributed by atoms with van der Waals surface area (Å²) in [7, 11) is 0. The van der Waals surface area contributed by atoms with Crippen LogP contribution >= 0.6 is 0 Å². The number of alkyl halides is 3. The number of benzene rings is 1. The Morgan fingerprint density at radius 3 is 2.74 bits per heavy atom. The van der Waals surface area contributed by atoms with E-state index in [0.717, 1.165) is 18.7 Å². The number of aromatic nitrogens is 2. The van der Waals surface area contributed by atoms with Crippen molar-refractivity contribution >= 4 is 11.0 Å². The fourth-order valence-corrected chi connectivity index (χ4v) is 2.05. The van der Waals surface area contributed by atoms with Crippen molar-refractivity contribution < 1.29 is 13.2 Å². The summed E-state index contributed by atoms with van der Waals surface area (Å²) in [4.78, 5) is 7.24. The van der Waals surface area contributed by atoms with E-state index in [2.05, 4.69) is 15.3 Å². The van der Waals surface area contributed by atoms with Gasteiger partial charge in [-0.2, -0.15) is 13.2 Å². The van der Waals surface area contributed by atoms with E-state index in [1.165, 1.54) is 6.07 Å². The van der Waals surface area contributed by atoms with Crippen molar-refractivity contribution in [2.75, 3.05) is 6.54 Å². The molecule has 0 bridgehead atoms. The molecule has 1 heterocycles. The molecule has 0 aliphatic heterocycles. The number of likely N-dealkylation sites (N-methyl/N-ethyl adjacent to an activating group) is 1. The van der Waals surface area contributed by atoms with Crippen molar-refractivity contribution in [3.63, 3.8) is 0 Å². The van der Waals surface area contributed by atoms with E-state index >= 15 is 0 Å². The zero-order valence-corrected chi connectivity index (χ0v) is 10.8. The molecule has 0 radical (unpaired) electrons. The predicted octanol–water partition coefficient (Wildman–Crippen LogP) is 3.12. The topological polar surface area (TPSA) is 40.7 Å². The van der Waals surface area contributed by atoms with E-state index < -0.39 is 11.7 Å². The van der Waals surface area contributed by atoms with Crippen LogP contribution in [0, 0.1) is 0 Å².